The SMILES string of the molecule is CNc1cc(C)nc(Nc2ccc(OC)c(C3=CCN(C4CCC4)CCC3)c2)n1. The van der Waals surface area contributed by atoms with E-state index in [0.29, 0.717) is 5.95 Å². The second-order valence-corrected chi connectivity index (χ2v) is 7.92. The van der Waals surface area contributed by atoms with Gasteiger partial charge in [-0.05, 0) is 62.9 Å². The summed E-state index contributed by atoms with van der Waals surface area (Å²) in [6, 6.07) is 8.93. The van der Waals surface area contributed by atoms with Crippen molar-refractivity contribution in [3.05, 3.63) is 41.6 Å². The van der Waals surface area contributed by atoms with Crippen LogP contribution >= 0.6 is 0 Å². The number of ether oxygens (including phenoxy) is 1. The molecule has 1 saturated carbocycles. The van der Waals surface area contributed by atoms with Gasteiger partial charge in [0, 0.05) is 42.6 Å². The van der Waals surface area contributed by atoms with Crippen LogP contribution in [-0.2, 0) is 0 Å². The Labute approximate surface area is 173 Å². The Balaban J connectivity index is 1.58. The largest absolute Gasteiger partial charge is 0.496 e. The first-order valence-electron chi connectivity index (χ1n) is 10.6. The van der Waals surface area contributed by atoms with Gasteiger partial charge in [0.2, 0.25) is 5.95 Å². The number of aryl methyl sites for hydroxylation is 1. The summed E-state index contributed by atoms with van der Waals surface area (Å²) in [6.07, 6.45) is 8.77. The van der Waals surface area contributed by atoms with E-state index in [2.05, 4.69) is 37.6 Å². The number of allylic oxidation sites excluding steroid dienone is 1. The van der Waals surface area contributed by atoms with Crippen LogP contribution in [0.3, 0.4) is 0 Å². The van der Waals surface area contributed by atoms with E-state index >= 15 is 0 Å². The average Bonchev–Trinajstić information content (AvgIpc) is 2.92. The molecule has 0 unspecified atom stereocenters. The van der Waals surface area contributed by atoms with Crippen molar-refractivity contribution in [3.8, 4) is 5.75 Å². The van der Waals surface area contributed by atoms with Crippen molar-refractivity contribution in [2.24, 2.45) is 0 Å². The summed E-state index contributed by atoms with van der Waals surface area (Å²) in [5.41, 5.74) is 4.42. The summed E-state index contributed by atoms with van der Waals surface area (Å²) in [4.78, 5) is 11.7. The van der Waals surface area contributed by atoms with Crippen molar-refractivity contribution in [1.82, 2.24) is 14.9 Å². The van der Waals surface area contributed by atoms with Crippen LogP contribution in [0.2, 0.25) is 0 Å². The normalized spacial score (nSPS) is 17.8. The molecule has 6 nitrogen and oxygen atoms in total. The number of benzene rings is 1. The summed E-state index contributed by atoms with van der Waals surface area (Å²) in [5.74, 6) is 2.31. The molecule has 0 atom stereocenters. The van der Waals surface area contributed by atoms with Crippen LogP contribution in [0, 0.1) is 6.92 Å². The Kier molecular flexibility index (Phi) is 6.00. The van der Waals surface area contributed by atoms with Crippen molar-refractivity contribution in [3.63, 3.8) is 0 Å². The van der Waals surface area contributed by atoms with E-state index in [1.165, 1.54) is 37.8 Å². The number of nitrogens with zero attached hydrogens (tertiary/aromatic N) is 3. The highest BCUT2D eigenvalue weighted by Gasteiger charge is 2.25. The summed E-state index contributed by atoms with van der Waals surface area (Å²) in [6.45, 7) is 4.19. The lowest BCUT2D eigenvalue weighted by molar-refractivity contribution is 0.143. The topological polar surface area (TPSA) is 62.3 Å². The Bertz CT molecular complexity index is 891. The quantitative estimate of drug-likeness (QED) is 0.747. The van der Waals surface area contributed by atoms with Crippen molar-refractivity contribution in [2.45, 2.75) is 45.1 Å². The maximum atomic E-state index is 5.68. The highest BCUT2D eigenvalue weighted by atomic mass is 16.5. The molecule has 2 heterocycles. The molecule has 4 rings (SSSR count). The molecule has 1 aliphatic carbocycles. The van der Waals surface area contributed by atoms with Gasteiger partial charge in [0.1, 0.15) is 11.6 Å². The van der Waals surface area contributed by atoms with E-state index in [4.69, 9.17) is 4.74 Å². The number of hydrogen-bond donors (Lipinski definition) is 2. The first-order chi connectivity index (χ1) is 14.2. The first kappa shape index (κ1) is 19.7. The lowest BCUT2D eigenvalue weighted by Crippen LogP contribution is -2.40. The van der Waals surface area contributed by atoms with Crippen LogP contribution in [0.15, 0.2) is 30.3 Å². The van der Waals surface area contributed by atoms with Crippen LogP contribution in [-0.4, -0.2) is 48.2 Å². The van der Waals surface area contributed by atoms with Crippen molar-refractivity contribution < 1.29 is 4.74 Å². The third kappa shape index (κ3) is 4.53. The van der Waals surface area contributed by atoms with E-state index in [1.54, 1.807) is 7.11 Å². The molecule has 0 spiro atoms. The molecule has 0 bridgehead atoms. The Morgan fingerprint density at radius 2 is 2.00 bits per heavy atom. The van der Waals surface area contributed by atoms with E-state index in [1.807, 2.05) is 32.2 Å². The van der Waals surface area contributed by atoms with Gasteiger partial charge in [-0.1, -0.05) is 12.5 Å². The van der Waals surface area contributed by atoms with E-state index in [9.17, 15) is 0 Å². The van der Waals surface area contributed by atoms with E-state index < -0.39 is 0 Å². The van der Waals surface area contributed by atoms with Gasteiger partial charge in [-0.25, -0.2) is 4.98 Å². The zero-order valence-electron chi connectivity index (χ0n) is 17.7. The molecule has 2 N–H and O–H groups in total. The maximum absolute atomic E-state index is 5.68. The zero-order valence-corrected chi connectivity index (χ0v) is 17.7. The second kappa shape index (κ2) is 8.82. The molecule has 1 aromatic carbocycles. The predicted octanol–water partition coefficient (Wildman–Crippen LogP) is 4.61. The van der Waals surface area contributed by atoms with Crippen LogP contribution in [0.5, 0.6) is 5.75 Å². The number of methoxy groups -OCH3 is 1. The molecule has 0 radical (unpaired) electrons. The second-order valence-electron chi connectivity index (χ2n) is 7.92. The van der Waals surface area contributed by atoms with Gasteiger partial charge >= 0.3 is 0 Å². The number of rotatable bonds is 6. The summed E-state index contributed by atoms with van der Waals surface area (Å²) in [5, 5.41) is 6.44. The fraction of sp³-hybridized carbons (Fsp3) is 0.478. The highest BCUT2D eigenvalue weighted by Crippen LogP contribution is 2.35. The fourth-order valence-electron chi connectivity index (χ4n) is 4.14. The van der Waals surface area contributed by atoms with Crippen molar-refractivity contribution in [2.75, 3.05) is 37.9 Å². The van der Waals surface area contributed by atoms with Crippen molar-refractivity contribution >= 4 is 23.0 Å². The first-order valence-corrected chi connectivity index (χ1v) is 10.6. The molecule has 6 heteroatoms. The van der Waals surface area contributed by atoms with Crippen LogP contribution in [0.25, 0.3) is 5.57 Å². The smallest absolute Gasteiger partial charge is 0.229 e. The molecular weight excluding hydrogens is 362 g/mol. The number of hydrogen-bond acceptors (Lipinski definition) is 6. The molecule has 1 aliphatic heterocycles. The lowest BCUT2D eigenvalue weighted by Gasteiger charge is -2.36. The Hall–Kier alpha value is -2.60. The molecule has 1 aromatic heterocycles. The molecule has 2 aliphatic rings. The third-order valence-electron chi connectivity index (χ3n) is 5.97. The van der Waals surface area contributed by atoms with E-state index in [0.717, 1.165) is 47.5 Å². The van der Waals surface area contributed by atoms with Gasteiger partial charge in [0.25, 0.3) is 0 Å². The number of nitrogens with one attached hydrogen (secondary N) is 2. The standard InChI is InChI=1S/C23H31N5O/c1-16-14-22(24-2)27-23(25-16)26-18-9-10-21(29-3)20(15-18)17-6-5-12-28(13-11-17)19-7-4-8-19/h9-11,14-15,19H,4-8,12-13H2,1-3H3,(H2,24,25,26,27). The molecule has 0 saturated heterocycles. The van der Waals surface area contributed by atoms with Crippen LogP contribution < -0.4 is 15.4 Å². The minimum atomic E-state index is 0.594. The van der Waals surface area contributed by atoms with Gasteiger partial charge < -0.3 is 15.4 Å². The fourth-order valence-corrected chi connectivity index (χ4v) is 4.14. The Morgan fingerprint density at radius 1 is 1.14 bits per heavy atom. The number of aromatic nitrogens is 2. The monoisotopic (exact) mass is 393 g/mol. The lowest BCUT2D eigenvalue weighted by atomic mass is 9.91. The summed E-state index contributed by atoms with van der Waals surface area (Å²) in [7, 11) is 3.61. The molecule has 1 fully saturated rings. The van der Waals surface area contributed by atoms with Gasteiger partial charge in [0.05, 0.1) is 7.11 Å². The van der Waals surface area contributed by atoms with E-state index in [-0.39, 0.29) is 0 Å². The van der Waals surface area contributed by atoms with Gasteiger partial charge in [-0.2, -0.15) is 4.98 Å². The highest BCUT2D eigenvalue weighted by molar-refractivity contribution is 5.75. The third-order valence-corrected chi connectivity index (χ3v) is 5.97. The minimum absolute atomic E-state index is 0.594. The molecule has 2 aromatic rings. The molecule has 29 heavy (non-hydrogen) atoms. The number of anilines is 3. The van der Waals surface area contributed by atoms with Gasteiger partial charge in [-0.3, -0.25) is 4.90 Å². The van der Waals surface area contributed by atoms with Gasteiger partial charge in [0.15, 0.2) is 0 Å². The predicted molar refractivity (Wildman–Crippen MR) is 119 cm³/mol. The van der Waals surface area contributed by atoms with Gasteiger partial charge in [-0.15, -0.1) is 0 Å². The molecular formula is C23H31N5O. The molecule has 0 amide bonds. The average molecular weight is 394 g/mol. The summed E-state index contributed by atoms with van der Waals surface area (Å²) < 4.78 is 5.68. The van der Waals surface area contributed by atoms with Crippen LogP contribution in [0.4, 0.5) is 17.5 Å². The van der Waals surface area contributed by atoms with Crippen molar-refractivity contribution in [1.29, 1.82) is 0 Å². The zero-order chi connectivity index (χ0) is 20.2. The van der Waals surface area contributed by atoms with Crippen LogP contribution in [0.1, 0.15) is 43.4 Å². The maximum Gasteiger partial charge on any atom is 0.229 e. The minimum Gasteiger partial charge on any atom is -0.496 e. The molecule has 154 valence electrons. The summed E-state index contributed by atoms with van der Waals surface area (Å²) >= 11 is 0. The Morgan fingerprint density at radius 3 is 2.72 bits per heavy atom.